The largest absolute Gasteiger partial charge is 0.507 e. The summed E-state index contributed by atoms with van der Waals surface area (Å²) in [6.45, 7) is 4.00. The topological polar surface area (TPSA) is 100 Å². The van der Waals surface area contributed by atoms with Crippen LogP contribution < -0.4 is 4.72 Å². The normalized spacial score (nSPS) is 10.7. The first-order chi connectivity index (χ1) is 9.78. The molecule has 9 heteroatoms. The Hall–Kier alpha value is -1.87. The number of hydrogen-bond donors (Lipinski definition) is 3. The number of hydrogen-bond acceptors (Lipinski definition) is 5. The predicted molar refractivity (Wildman–Crippen MR) is 85.3 cm³/mol. The summed E-state index contributed by atoms with van der Waals surface area (Å²) in [5.41, 5.74) is 0.731. The maximum atomic E-state index is 11.1. The Morgan fingerprint density at radius 2 is 2.00 bits per heavy atom. The van der Waals surface area contributed by atoms with Gasteiger partial charge in [-0.3, -0.25) is 9.82 Å². The van der Waals surface area contributed by atoms with Crippen molar-refractivity contribution in [1.29, 1.82) is 0 Å². The molecule has 0 amide bonds. The van der Waals surface area contributed by atoms with Crippen molar-refractivity contribution >= 4 is 27.9 Å². The lowest BCUT2D eigenvalue weighted by molar-refractivity contribution is 0.477. The summed E-state index contributed by atoms with van der Waals surface area (Å²) in [5.74, 6) is 0.374. The molecule has 0 saturated heterocycles. The molecule has 0 unspecified atom stereocenters. The summed E-state index contributed by atoms with van der Waals surface area (Å²) >= 11 is 4.99. The van der Waals surface area contributed by atoms with Gasteiger partial charge in [0.2, 0.25) is 10.0 Å². The fourth-order valence-electron chi connectivity index (χ4n) is 1.59. The van der Waals surface area contributed by atoms with E-state index in [1.165, 1.54) is 12.1 Å². The summed E-state index contributed by atoms with van der Waals surface area (Å²) in [4.78, 5) is 0. The van der Waals surface area contributed by atoms with E-state index in [9.17, 15) is 13.5 Å². The number of anilines is 1. The van der Waals surface area contributed by atoms with Crippen LogP contribution in [0.2, 0.25) is 0 Å². The first-order valence-corrected chi connectivity index (χ1v) is 8.50. The number of sulfonamides is 1. The fraction of sp³-hybridized carbons (Fsp3) is 0.333. The maximum absolute atomic E-state index is 11.1. The van der Waals surface area contributed by atoms with Gasteiger partial charge in [0.1, 0.15) is 5.75 Å². The Bertz CT molecular complexity index is 778. The number of benzene rings is 1. The first-order valence-electron chi connectivity index (χ1n) is 6.20. The second kappa shape index (κ2) is 6.72. The van der Waals surface area contributed by atoms with E-state index >= 15 is 0 Å². The zero-order valence-electron chi connectivity index (χ0n) is 12.2. The number of aromatic hydroxyl groups is 1. The van der Waals surface area contributed by atoms with E-state index in [0.717, 1.165) is 6.26 Å². The van der Waals surface area contributed by atoms with Crippen LogP contribution in [0.5, 0.6) is 5.75 Å². The molecule has 1 aromatic heterocycles. The highest BCUT2D eigenvalue weighted by molar-refractivity contribution is 7.92. The van der Waals surface area contributed by atoms with Gasteiger partial charge in [0.25, 0.3) is 0 Å². The molecular weight excluding hydrogens is 312 g/mol. The standard InChI is InChI=1S/C10H12N4O3S2.C2H6/c1-14-9(11-12-10(14)18)7-4-3-6(5-8(7)15)13-19(2,16)17;1-2/h3-5,13,15H,1-2H3,(H,12,18);1-2H3. The predicted octanol–water partition coefficient (Wildman–Crippen LogP) is 2.25. The van der Waals surface area contributed by atoms with Crippen molar-refractivity contribution in [2.45, 2.75) is 13.8 Å². The zero-order chi connectivity index (χ0) is 16.2. The number of H-pyrrole nitrogens is 1. The summed E-state index contributed by atoms with van der Waals surface area (Å²) in [5, 5.41) is 16.5. The molecule has 0 aliphatic rings. The number of aromatic nitrogens is 3. The molecule has 0 atom stereocenters. The van der Waals surface area contributed by atoms with Gasteiger partial charge in [0.05, 0.1) is 17.5 Å². The number of phenolic OH excluding ortho intramolecular Hbond substituents is 1. The van der Waals surface area contributed by atoms with E-state index in [1.807, 2.05) is 13.8 Å². The van der Waals surface area contributed by atoms with Crippen molar-refractivity contribution in [1.82, 2.24) is 14.8 Å². The molecule has 1 aromatic carbocycles. The Morgan fingerprint density at radius 3 is 2.43 bits per heavy atom. The molecule has 0 fully saturated rings. The van der Waals surface area contributed by atoms with Crippen molar-refractivity contribution in [2.75, 3.05) is 11.0 Å². The van der Waals surface area contributed by atoms with Gasteiger partial charge >= 0.3 is 0 Å². The van der Waals surface area contributed by atoms with Gasteiger partial charge in [-0.25, -0.2) is 8.42 Å². The Labute approximate surface area is 128 Å². The first kappa shape index (κ1) is 17.2. The van der Waals surface area contributed by atoms with Gasteiger partial charge in [0, 0.05) is 13.1 Å². The summed E-state index contributed by atoms with van der Waals surface area (Å²) in [6, 6.07) is 4.41. The van der Waals surface area contributed by atoms with E-state index < -0.39 is 10.0 Å². The van der Waals surface area contributed by atoms with Crippen LogP contribution in [-0.4, -0.2) is 34.5 Å². The number of phenols is 1. The monoisotopic (exact) mass is 330 g/mol. The second-order valence-electron chi connectivity index (χ2n) is 4.02. The molecule has 0 radical (unpaired) electrons. The maximum Gasteiger partial charge on any atom is 0.229 e. The van der Waals surface area contributed by atoms with Crippen LogP contribution in [0.25, 0.3) is 11.4 Å². The Morgan fingerprint density at radius 1 is 1.38 bits per heavy atom. The lowest BCUT2D eigenvalue weighted by Gasteiger charge is -2.07. The van der Waals surface area contributed by atoms with Crippen LogP contribution in [-0.2, 0) is 17.1 Å². The third kappa shape index (κ3) is 4.30. The molecule has 0 aliphatic heterocycles. The molecule has 2 rings (SSSR count). The minimum atomic E-state index is -3.38. The highest BCUT2D eigenvalue weighted by Crippen LogP contribution is 2.30. The molecular formula is C12H18N4O3S2. The van der Waals surface area contributed by atoms with E-state index in [0.29, 0.717) is 16.2 Å². The highest BCUT2D eigenvalue weighted by atomic mass is 32.2. The van der Waals surface area contributed by atoms with E-state index in [2.05, 4.69) is 14.9 Å². The lowest BCUT2D eigenvalue weighted by atomic mass is 10.1. The minimum Gasteiger partial charge on any atom is -0.507 e. The smallest absolute Gasteiger partial charge is 0.229 e. The van der Waals surface area contributed by atoms with Crippen LogP contribution in [0.1, 0.15) is 13.8 Å². The van der Waals surface area contributed by atoms with Gasteiger partial charge < -0.3 is 9.67 Å². The molecule has 21 heavy (non-hydrogen) atoms. The summed E-state index contributed by atoms with van der Waals surface area (Å²) in [6.07, 6.45) is 1.04. The van der Waals surface area contributed by atoms with Gasteiger partial charge in [-0.2, -0.15) is 5.10 Å². The number of aromatic amines is 1. The number of nitrogens with zero attached hydrogens (tertiary/aromatic N) is 2. The van der Waals surface area contributed by atoms with E-state index in [-0.39, 0.29) is 11.4 Å². The fourth-order valence-corrected chi connectivity index (χ4v) is 2.27. The Kier molecular flexibility index (Phi) is 5.50. The van der Waals surface area contributed by atoms with Crippen LogP contribution >= 0.6 is 12.2 Å². The van der Waals surface area contributed by atoms with E-state index in [4.69, 9.17) is 12.2 Å². The molecule has 0 spiro atoms. The van der Waals surface area contributed by atoms with Crippen LogP contribution in [0.15, 0.2) is 18.2 Å². The second-order valence-corrected chi connectivity index (χ2v) is 6.15. The number of nitrogens with one attached hydrogen (secondary N) is 2. The molecule has 2 aromatic rings. The summed E-state index contributed by atoms with van der Waals surface area (Å²) < 4.78 is 26.5. The third-order valence-electron chi connectivity index (χ3n) is 2.42. The molecule has 7 nitrogen and oxygen atoms in total. The van der Waals surface area contributed by atoms with Gasteiger partial charge in [-0.15, -0.1) is 0 Å². The minimum absolute atomic E-state index is 0.0919. The lowest BCUT2D eigenvalue weighted by Crippen LogP contribution is -2.09. The van der Waals surface area contributed by atoms with Crippen molar-refractivity contribution < 1.29 is 13.5 Å². The quantitative estimate of drug-likeness (QED) is 0.750. The molecule has 1 heterocycles. The average Bonchev–Trinajstić information content (AvgIpc) is 2.71. The molecule has 0 bridgehead atoms. The Balaban J connectivity index is 0.00000106. The SMILES string of the molecule is CC.Cn1c(-c2ccc(NS(C)(=O)=O)cc2O)n[nH]c1=S. The number of rotatable bonds is 3. The molecule has 3 N–H and O–H groups in total. The van der Waals surface area contributed by atoms with Crippen LogP contribution in [0.4, 0.5) is 5.69 Å². The van der Waals surface area contributed by atoms with Gasteiger partial charge in [-0.05, 0) is 24.4 Å². The third-order valence-corrected chi connectivity index (χ3v) is 3.39. The van der Waals surface area contributed by atoms with Crippen LogP contribution in [0, 0.1) is 4.77 Å². The molecule has 0 aliphatic carbocycles. The van der Waals surface area contributed by atoms with Crippen molar-refractivity contribution in [3.8, 4) is 17.1 Å². The van der Waals surface area contributed by atoms with Gasteiger partial charge in [0.15, 0.2) is 10.6 Å². The van der Waals surface area contributed by atoms with Crippen molar-refractivity contribution in [3.63, 3.8) is 0 Å². The molecule has 0 saturated carbocycles. The highest BCUT2D eigenvalue weighted by Gasteiger charge is 2.12. The van der Waals surface area contributed by atoms with Crippen molar-refractivity contribution in [3.05, 3.63) is 23.0 Å². The van der Waals surface area contributed by atoms with Gasteiger partial charge in [-0.1, -0.05) is 13.8 Å². The summed E-state index contributed by atoms with van der Waals surface area (Å²) in [7, 11) is -1.67. The van der Waals surface area contributed by atoms with Crippen molar-refractivity contribution in [2.24, 2.45) is 7.05 Å². The average molecular weight is 330 g/mol. The van der Waals surface area contributed by atoms with E-state index in [1.54, 1.807) is 17.7 Å². The molecule has 116 valence electrons. The zero-order valence-corrected chi connectivity index (χ0v) is 13.8. The van der Waals surface area contributed by atoms with Crippen LogP contribution in [0.3, 0.4) is 0 Å².